The topological polar surface area (TPSA) is 66.6 Å². The van der Waals surface area contributed by atoms with Crippen LogP contribution in [0.2, 0.25) is 0 Å². The van der Waals surface area contributed by atoms with Crippen LogP contribution in [-0.2, 0) is 11.2 Å². The summed E-state index contributed by atoms with van der Waals surface area (Å²) in [6.45, 7) is 2.36. The first-order valence-corrected chi connectivity index (χ1v) is 8.96. The first-order chi connectivity index (χ1) is 11.6. The standard InChI is InChI=1S/C18H21N3O2S/c19-15-5-3-14(4-6-15)18(23)21-11-9-20(10-12-21)17(22)8-7-16-2-1-13-24-16/h1-6,13H,7-12,19H2. The molecule has 1 saturated heterocycles. The Kier molecular flexibility index (Phi) is 5.15. The maximum Gasteiger partial charge on any atom is 0.253 e. The van der Waals surface area contributed by atoms with Gasteiger partial charge in [-0.1, -0.05) is 6.07 Å². The average Bonchev–Trinajstić information content (AvgIpc) is 3.13. The minimum Gasteiger partial charge on any atom is -0.399 e. The van der Waals surface area contributed by atoms with E-state index in [9.17, 15) is 9.59 Å². The number of carbonyl (C=O) groups is 2. The van der Waals surface area contributed by atoms with Crippen molar-refractivity contribution in [3.05, 3.63) is 52.2 Å². The fourth-order valence-corrected chi connectivity index (χ4v) is 3.52. The Morgan fingerprint density at radius 2 is 1.67 bits per heavy atom. The molecule has 2 aromatic rings. The van der Waals surface area contributed by atoms with E-state index in [1.54, 1.807) is 40.5 Å². The van der Waals surface area contributed by atoms with Gasteiger partial charge < -0.3 is 15.5 Å². The normalized spacial score (nSPS) is 14.7. The van der Waals surface area contributed by atoms with Crippen LogP contribution in [0.15, 0.2) is 41.8 Å². The van der Waals surface area contributed by atoms with Gasteiger partial charge in [0.15, 0.2) is 0 Å². The van der Waals surface area contributed by atoms with Crippen molar-refractivity contribution in [2.75, 3.05) is 31.9 Å². The third kappa shape index (κ3) is 3.94. The number of amides is 2. The van der Waals surface area contributed by atoms with Gasteiger partial charge in [-0.25, -0.2) is 0 Å². The van der Waals surface area contributed by atoms with Gasteiger partial charge in [-0.3, -0.25) is 9.59 Å². The molecule has 0 saturated carbocycles. The van der Waals surface area contributed by atoms with Crippen LogP contribution < -0.4 is 5.73 Å². The van der Waals surface area contributed by atoms with Crippen LogP contribution in [0.4, 0.5) is 5.69 Å². The van der Waals surface area contributed by atoms with Gasteiger partial charge in [-0.15, -0.1) is 11.3 Å². The predicted octanol–water partition coefficient (Wildman–Crippen LogP) is 2.25. The van der Waals surface area contributed by atoms with Crippen molar-refractivity contribution >= 4 is 28.8 Å². The molecule has 0 atom stereocenters. The van der Waals surface area contributed by atoms with Gasteiger partial charge in [0.1, 0.15) is 0 Å². The molecule has 0 bridgehead atoms. The monoisotopic (exact) mass is 343 g/mol. The number of hydrogen-bond donors (Lipinski definition) is 1. The Morgan fingerprint density at radius 1 is 1.00 bits per heavy atom. The van der Waals surface area contributed by atoms with E-state index >= 15 is 0 Å². The molecule has 1 aliphatic heterocycles. The lowest BCUT2D eigenvalue weighted by Crippen LogP contribution is -2.50. The van der Waals surface area contributed by atoms with Crippen LogP contribution in [-0.4, -0.2) is 47.8 Å². The van der Waals surface area contributed by atoms with Gasteiger partial charge >= 0.3 is 0 Å². The molecular weight excluding hydrogens is 322 g/mol. The molecule has 6 heteroatoms. The molecule has 1 aliphatic rings. The van der Waals surface area contributed by atoms with Crippen LogP contribution in [0.25, 0.3) is 0 Å². The van der Waals surface area contributed by atoms with Crippen molar-refractivity contribution in [1.29, 1.82) is 0 Å². The van der Waals surface area contributed by atoms with Crippen molar-refractivity contribution in [2.45, 2.75) is 12.8 Å². The van der Waals surface area contributed by atoms with Crippen molar-refractivity contribution < 1.29 is 9.59 Å². The van der Waals surface area contributed by atoms with E-state index in [0.717, 1.165) is 6.42 Å². The minimum atomic E-state index is 0.000634. The summed E-state index contributed by atoms with van der Waals surface area (Å²) in [6.07, 6.45) is 1.33. The Labute approximate surface area is 145 Å². The first kappa shape index (κ1) is 16.5. The highest BCUT2D eigenvalue weighted by Gasteiger charge is 2.24. The van der Waals surface area contributed by atoms with E-state index in [1.165, 1.54) is 4.88 Å². The van der Waals surface area contributed by atoms with E-state index in [1.807, 2.05) is 16.3 Å². The molecule has 3 rings (SSSR count). The molecule has 2 amide bonds. The molecule has 1 aromatic heterocycles. The van der Waals surface area contributed by atoms with Gasteiger partial charge in [-0.2, -0.15) is 0 Å². The number of nitrogens with zero attached hydrogens (tertiary/aromatic N) is 2. The second-order valence-corrected chi connectivity index (χ2v) is 6.91. The molecule has 24 heavy (non-hydrogen) atoms. The van der Waals surface area contributed by atoms with E-state index in [4.69, 9.17) is 5.73 Å². The Balaban J connectivity index is 1.49. The van der Waals surface area contributed by atoms with Crippen LogP contribution in [0.1, 0.15) is 21.7 Å². The number of aryl methyl sites for hydroxylation is 1. The summed E-state index contributed by atoms with van der Waals surface area (Å²) in [7, 11) is 0. The summed E-state index contributed by atoms with van der Waals surface area (Å²) in [5.74, 6) is 0.170. The number of rotatable bonds is 4. The second kappa shape index (κ2) is 7.49. The summed E-state index contributed by atoms with van der Waals surface area (Å²) in [6, 6.07) is 11.0. The molecule has 0 unspecified atom stereocenters. The second-order valence-electron chi connectivity index (χ2n) is 5.87. The van der Waals surface area contributed by atoms with Gasteiger partial charge in [0.2, 0.25) is 5.91 Å². The quantitative estimate of drug-likeness (QED) is 0.866. The minimum absolute atomic E-state index is 0.000634. The smallest absolute Gasteiger partial charge is 0.253 e. The number of benzene rings is 1. The number of piperazine rings is 1. The third-order valence-corrected chi connectivity index (χ3v) is 5.18. The van der Waals surface area contributed by atoms with Crippen LogP contribution in [0.5, 0.6) is 0 Å². The zero-order valence-corrected chi connectivity index (χ0v) is 14.3. The molecule has 0 aliphatic carbocycles. The summed E-state index contributed by atoms with van der Waals surface area (Å²) in [5, 5.41) is 2.03. The molecule has 0 radical (unpaired) electrons. The summed E-state index contributed by atoms with van der Waals surface area (Å²) in [5.41, 5.74) is 6.94. The lowest BCUT2D eigenvalue weighted by atomic mass is 10.1. The fraction of sp³-hybridized carbons (Fsp3) is 0.333. The molecule has 126 valence electrons. The van der Waals surface area contributed by atoms with E-state index in [0.29, 0.717) is 43.9 Å². The Hall–Kier alpha value is -2.34. The SMILES string of the molecule is Nc1ccc(C(=O)N2CCN(C(=O)CCc3cccs3)CC2)cc1. The van der Waals surface area contributed by atoms with Crippen LogP contribution >= 0.6 is 11.3 Å². The van der Waals surface area contributed by atoms with Gasteiger partial charge in [-0.05, 0) is 42.1 Å². The molecule has 2 N–H and O–H groups in total. The largest absolute Gasteiger partial charge is 0.399 e. The number of anilines is 1. The van der Waals surface area contributed by atoms with Gasteiger partial charge in [0.05, 0.1) is 0 Å². The molecule has 2 heterocycles. The molecule has 0 spiro atoms. The maximum atomic E-state index is 12.5. The highest BCUT2D eigenvalue weighted by molar-refractivity contribution is 7.09. The van der Waals surface area contributed by atoms with Crippen LogP contribution in [0.3, 0.4) is 0 Å². The first-order valence-electron chi connectivity index (χ1n) is 8.08. The van der Waals surface area contributed by atoms with Gasteiger partial charge in [0, 0.05) is 48.7 Å². The van der Waals surface area contributed by atoms with Crippen molar-refractivity contribution in [1.82, 2.24) is 9.80 Å². The molecular formula is C18H21N3O2S. The highest BCUT2D eigenvalue weighted by atomic mass is 32.1. The number of nitrogens with two attached hydrogens (primary N) is 1. The molecule has 1 fully saturated rings. The van der Waals surface area contributed by atoms with Gasteiger partial charge in [0.25, 0.3) is 5.91 Å². The third-order valence-electron chi connectivity index (χ3n) is 4.24. The van der Waals surface area contributed by atoms with Crippen LogP contribution in [0, 0.1) is 0 Å². The van der Waals surface area contributed by atoms with E-state index in [-0.39, 0.29) is 11.8 Å². The predicted molar refractivity (Wildman–Crippen MR) is 96.0 cm³/mol. The zero-order chi connectivity index (χ0) is 16.9. The Bertz CT molecular complexity index is 690. The van der Waals surface area contributed by atoms with E-state index in [2.05, 4.69) is 6.07 Å². The zero-order valence-electron chi connectivity index (χ0n) is 13.5. The number of hydrogen-bond acceptors (Lipinski definition) is 4. The fourth-order valence-electron chi connectivity index (χ4n) is 2.81. The number of carbonyl (C=O) groups excluding carboxylic acids is 2. The number of nitrogen functional groups attached to an aromatic ring is 1. The lowest BCUT2D eigenvalue weighted by Gasteiger charge is -2.35. The molecule has 5 nitrogen and oxygen atoms in total. The van der Waals surface area contributed by atoms with Crippen molar-refractivity contribution in [3.63, 3.8) is 0 Å². The number of thiophene rings is 1. The van der Waals surface area contributed by atoms with Crippen molar-refractivity contribution in [3.8, 4) is 0 Å². The Morgan fingerprint density at radius 3 is 2.29 bits per heavy atom. The van der Waals surface area contributed by atoms with Crippen molar-refractivity contribution in [2.24, 2.45) is 0 Å². The lowest BCUT2D eigenvalue weighted by molar-refractivity contribution is -0.132. The maximum absolute atomic E-state index is 12.5. The van der Waals surface area contributed by atoms with E-state index < -0.39 is 0 Å². The highest BCUT2D eigenvalue weighted by Crippen LogP contribution is 2.14. The summed E-state index contributed by atoms with van der Waals surface area (Å²) >= 11 is 1.68. The summed E-state index contributed by atoms with van der Waals surface area (Å²) in [4.78, 5) is 29.6. The molecule has 1 aromatic carbocycles. The summed E-state index contributed by atoms with van der Waals surface area (Å²) < 4.78 is 0. The average molecular weight is 343 g/mol.